The maximum atomic E-state index is 13.1. The largest absolute Gasteiger partial charge is 0.350 e. The molecule has 1 saturated carbocycles. The van der Waals surface area contributed by atoms with Crippen molar-refractivity contribution in [3.8, 4) is 0 Å². The van der Waals surface area contributed by atoms with Crippen LogP contribution in [0.5, 0.6) is 0 Å². The van der Waals surface area contributed by atoms with Crippen LogP contribution < -0.4 is 5.43 Å². The van der Waals surface area contributed by atoms with Gasteiger partial charge in [-0.2, -0.15) is 0 Å². The highest BCUT2D eigenvalue weighted by molar-refractivity contribution is 8.01. The fourth-order valence-electron chi connectivity index (χ4n) is 4.70. The smallest absolute Gasteiger partial charge is 0.286 e. The number of benzene rings is 1. The maximum absolute atomic E-state index is 13.1. The summed E-state index contributed by atoms with van der Waals surface area (Å²) in [4.78, 5) is 28.6. The van der Waals surface area contributed by atoms with Crippen LogP contribution in [0.1, 0.15) is 62.5 Å². The molecule has 0 atom stereocenters. The molecule has 5 nitrogen and oxygen atoms in total. The number of amides is 2. The summed E-state index contributed by atoms with van der Waals surface area (Å²) >= 11 is 7.78. The van der Waals surface area contributed by atoms with E-state index < -0.39 is 0 Å². The van der Waals surface area contributed by atoms with Gasteiger partial charge in [-0.1, -0.05) is 32.4 Å². The second-order valence-electron chi connectivity index (χ2n) is 9.36. The lowest BCUT2D eigenvalue weighted by atomic mass is 9.71. The van der Waals surface area contributed by atoms with Gasteiger partial charge in [-0.25, -0.2) is 5.01 Å². The Kier molecular flexibility index (Phi) is 5.14. The number of H-pyrrole nitrogens is 1. The van der Waals surface area contributed by atoms with E-state index in [1.54, 1.807) is 22.8 Å². The molecule has 2 aromatic rings. The van der Waals surface area contributed by atoms with E-state index in [0.717, 1.165) is 42.1 Å². The zero-order chi connectivity index (χ0) is 21.0. The number of hydrazine groups is 1. The number of rotatable bonds is 2. The first-order chi connectivity index (χ1) is 13.6. The number of hydrogen-bond acceptors (Lipinski definition) is 3. The lowest BCUT2D eigenvalue weighted by Crippen LogP contribution is -2.56. The normalized spacial score (nSPS) is 25.2. The molecule has 2 aliphatic rings. The van der Waals surface area contributed by atoms with Gasteiger partial charge in [0.15, 0.2) is 0 Å². The highest BCUT2D eigenvalue weighted by Crippen LogP contribution is 2.50. The van der Waals surface area contributed by atoms with Crippen LogP contribution in [0, 0.1) is 18.3 Å². The second kappa shape index (κ2) is 7.24. The van der Waals surface area contributed by atoms with Gasteiger partial charge < -0.3 is 4.98 Å². The van der Waals surface area contributed by atoms with Crippen molar-refractivity contribution >= 4 is 46.1 Å². The van der Waals surface area contributed by atoms with Gasteiger partial charge in [0.2, 0.25) is 0 Å². The number of carbonyl (C=O) groups excluding carboxylic acids is 2. The Labute approximate surface area is 180 Å². The topological polar surface area (TPSA) is 65.2 Å². The van der Waals surface area contributed by atoms with Crippen molar-refractivity contribution in [1.82, 2.24) is 15.4 Å². The summed E-state index contributed by atoms with van der Waals surface area (Å²) in [5, 5.41) is 3.17. The molecule has 1 saturated heterocycles. The number of thioether (sulfide) groups is 1. The Hall–Kier alpha value is -1.66. The summed E-state index contributed by atoms with van der Waals surface area (Å²) in [6, 6.07) is 5.52. The van der Waals surface area contributed by atoms with Crippen LogP contribution in [0.4, 0.5) is 0 Å². The van der Waals surface area contributed by atoms with Gasteiger partial charge in [0.1, 0.15) is 10.6 Å². The predicted octanol–water partition coefficient (Wildman–Crippen LogP) is 5.28. The molecule has 29 heavy (non-hydrogen) atoms. The molecule has 2 amide bonds. The van der Waals surface area contributed by atoms with Crippen LogP contribution in [0.3, 0.4) is 0 Å². The molecule has 1 spiro atoms. The van der Waals surface area contributed by atoms with E-state index in [2.05, 4.69) is 31.2 Å². The Morgan fingerprint density at radius 1 is 1.31 bits per heavy atom. The molecule has 0 unspecified atom stereocenters. The highest BCUT2D eigenvalue weighted by atomic mass is 35.5. The zero-order valence-corrected chi connectivity index (χ0v) is 19.0. The van der Waals surface area contributed by atoms with Crippen LogP contribution in [0.2, 0.25) is 5.02 Å². The van der Waals surface area contributed by atoms with Crippen molar-refractivity contribution in [2.24, 2.45) is 11.3 Å². The van der Waals surface area contributed by atoms with Gasteiger partial charge in [0.05, 0.1) is 5.75 Å². The van der Waals surface area contributed by atoms with Gasteiger partial charge in [0.25, 0.3) is 11.8 Å². The summed E-state index contributed by atoms with van der Waals surface area (Å²) in [6.45, 7) is 8.75. The Balaban J connectivity index is 1.56. The minimum Gasteiger partial charge on any atom is -0.350 e. The van der Waals surface area contributed by atoms with Crippen molar-refractivity contribution in [3.05, 3.63) is 34.5 Å². The molecule has 2 N–H and O–H groups in total. The molecule has 1 aliphatic carbocycles. The van der Waals surface area contributed by atoms with Crippen molar-refractivity contribution in [2.75, 3.05) is 5.75 Å². The first-order valence-corrected chi connectivity index (χ1v) is 11.5. The molecule has 156 valence electrons. The third kappa shape index (κ3) is 3.66. The number of aromatic amines is 1. The second-order valence-corrected chi connectivity index (χ2v) is 11.1. The summed E-state index contributed by atoms with van der Waals surface area (Å²) in [5.74, 6) is 0.766. The first-order valence-electron chi connectivity index (χ1n) is 10.2. The average molecular weight is 434 g/mol. The Morgan fingerprint density at radius 3 is 2.66 bits per heavy atom. The van der Waals surface area contributed by atoms with Gasteiger partial charge >= 0.3 is 0 Å². The van der Waals surface area contributed by atoms with Crippen molar-refractivity contribution in [1.29, 1.82) is 0 Å². The van der Waals surface area contributed by atoms with Gasteiger partial charge in [-0.15, -0.1) is 11.8 Å². The first kappa shape index (κ1) is 20.6. The van der Waals surface area contributed by atoms with Crippen molar-refractivity contribution in [3.63, 3.8) is 0 Å². The molecule has 2 fully saturated rings. The predicted molar refractivity (Wildman–Crippen MR) is 119 cm³/mol. The summed E-state index contributed by atoms with van der Waals surface area (Å²) < 4.78 is 0. The summed E-state index contributed by atoms with van der Waals surface area (Å²) in [7, 11) is 0. The highest BCUT2D eigenvalue weighted by Gasteiger charge is 2.50. The van der Waals surface area contributed by atoms with E-state index in [1.165, 1.54) is 0 Å². The summed E-state index contributed by atoms with van der Waals surface area (Å²) in [6.07, 6.45) is 3.96. The van der Waals surface area contributed by atoms with Crippen LogP contribution in [-0.2, 0) is 4.79 Å². The molecule has 7 heteroatoms. The number of nitrogens with zero attached hydrogens (tertiary/aromatic N) is 1. The SMILES string of the molecule is Cc1c(C(=O)NN2C(=O)CSC23CCC(C(C)(C)C)CC3)[nH]c2ccc(Cl)cc12. The number of carbonyl (C=O) groups is 2. The fourth-order valence-corrected chi connectivity index (χ4v) is 6.20. The molecule has 1 aliphatic heterocycles. The van der Waals surface area contributed by atoms with E-state index in [9.17, 15) is 9.59 Å². The molecule has 0 bridgehead atoms. The number of halogens is 1. The van der Waals surface area contributed by atoms with Crippen molar-refractivity contribution < 1.29 is 9.59 Å². The number of nitrogens with one attached hydrogen (secondary N) is 2. The minimum atomic E-state index is -0.322. The lowest BCUT2D eigenvalue weighted by Gasteiger charge is -2.45. The van der Waals surface area contributed by atoms with Crippen molar-refractivity contribution in [2.45, 2.75) is 58.2 Å². The Morgan fingerprint density at radius 2 is 2.00 bits per heavy atom. The van der Waals surface area contributed by atoms with E-state index in [4.69, 9.17) is 11.6 Å². The number of hydrogen-bond donors (Lipinski definition) is 2. The van der Waals surface area contributed by atoms with E-state index in [1.807, 2.05) is 19.1 Å². The standard InChI is InChI=1S/C22H28ClN3O2S/c1-13-16-11-15(23)5-6-17(16)24-19(13)20(28)25-26-18(27)12-29-22(26)9-7-14(8-10-22)21(2,3)4/h5-6,11,14,24H,7-10,12H2,1-4H3,(H,25,28). The van der Waals surface area contributed by atoms with Gasteiger partial charge in [0, 0.05) is 15.9 Å². The average Bonchev–Trinajstić information content (AvgIpc) is 3.14. The molecule has 2 heterocycles. The number of aromatic nitrogens is 1. The lowest BCUT2D eigenvalue weighted by molar-refractivity contribution is -0.134. The van der Waals surface area contributed by atoms with E-state index in [-0.39, 0.29) is 22.1 Å². The van der Waals surface area contributed by atoms with Gasteiger partial charge in [-0.05, 0) is 67.7 Å². The zero-order valence-electron chi connectivity index (χ0n) is 17.4. The quantitative estimate of drug-likeness (QED) is 0.676. The van der Waals surface area contributed by atoms with Gasteiger partial charge in [-0.3, -0.25) is 15.0 Å². The molecular weight excluding hydrogens is 406 g/mol. The van der Waals surface area contributed by atoms with E-state index in [0.29, 0.717) is 22.4 Å². The van der Waals surface area contributed by atoms with Crippen LogP contribution in [0.15, 0.2) is 18.2 Å². The third-order valence-electron chi connectivity index (χ3n) is 6.57. The number of fused-ring (bicyclic) bond motifs is 1. The third-order valence-corrected chi connectivity index (χ3v) is 8.33. The molecule has 1 aromatic carbocycles. The molecular formula is C22H28ClN3O2S. The monoisotopic (exact) mass is 433 g/mol. The van der Waals surface area contributed by atoms with Crippen LogP contribution >= 0.6 is 23.4 Å². The van der Waals surface area contributed by atoms with Crippen LogP contribution in [-0.4, -0.2) is 32.4 Å². The Bertz CT molecular complexity index is 970. The van der Waals surface area contributed by atoms with Crippen LogP contribution in [0.25, 0.3) is 10.9 Å². The summed E-state index contributed by atoms with van der Waals surface area (Å²) in [5.41, 5.74) is 5.38. The molecule has 0 radical (unpaired) electrons. The minimum absolute atomic E-state index is 0.0191. The molecule has 1 aromatic heterocycles. The number of aryl methyl sites for hydroxylation is 1. The fraction of sp³-hybridized carbons (Fsp3) is 0.545. The van der Waals surface area contributed by atoms with E-state index >= 15 is 0 Å². The molecule has 4 rings (SSSR count). The maximum Gasteiger partial charge on any atom is 0.286 e.